The number of hydrogen-bond acceptors (Lipinski definition) is 7. The van der Waals surface area contributed by atoms with Crippen molar-refractivity contribution in [2.24, 2.45) is 0 Å². The summed E-state index contributed by atoms with van der Waals surface area (Å²) < 4.78 is 23.4. The molecule has 1 aromatic heterocycles. The van der Waals surface area contributed by atoms with Gasteiger partial charge in [-0.15, -0.1) is 0 Å². The molecule has 1 fully saturated rings. The second kappa shape index (κ2) is 13.5. The van der Waals surface area contributed by atoms with Crippen LogP contribution in [0.3, 0.4) is 0 Å². The van der Waals surface area contributed by atoms with Gasteiger partial charge in [-0.25, -0.2) is 14.6 Å². The standard InChI is InChI=1S/C27H33N5O6/c1-3-36-12-10-32-16-24(29-18-32)23-8-7-21(14-25(23)35-2)31-26(33)30-20-6-4-5-19(13-20)15-28-27(34)38-22-9-11-37-17-22/h4-8,13-14,16,18,22H,3,9-12,15,17H2,1-2H3,(H,28,34)(H2,30,31,33)/t22-/m0/s1. The summed E-state index contributed by atoms with van der Waals surface area (Å²) in [5.74, 6) is 0.585. The van der Waals surface area contributed by atoms with Gasteiger partial charge < -0.3 is 39.5 Å². The molecular weight excluding hydrogens is 490 g/mol. The number of amides is 3. The number of urea groups is 1. The number of rotatable bonds is 11. The van der Waals surface area contributed by atoms with Crippen molar-refractivity contribution in [3.63, 3.8) is 0 Å². The van der Waals surface area contributed by atoms with E-state index in [1.54, 1.807) is 43.8 Å². The lowest BCUT2D eigenvalue weighted by molar-refractivity contribution is 0.0828. The number of nitrogens with one attached hydrogen (secondary N) is 3. The molecule has 11 heteroatoms. The predicted molar refractivity (Wildman–Crippen MR) is 142 cm³/mol. The lowest BCUT2D eigenvalue weighted by Crippen LogP contribution is -2.28. The molecule has 2 heterocycles. The summed E-state index contributed by atoms with van der Waals surface area (Å²) >= 11 is 0. The van der Waals surface area contributed by atoms with E-state index >= 15 is 0 Å². The number of hydrogen-bond donors (Lipinski definition) is 3. The Morgan fingerprint density at radius 3 is 2.76 bits per heavy atom. The summed E-state index contributed by atoms with van der Waals surface area (Å²) in [4.78, 5) is 29.1. The molecule has 3 amide bonds. The molecule has 2 aromatic carbocycles. The molecule has 1 atom stereocenters. The van der Waals surface area contributed by atoms with Crippen molar-refractivity contribution in [3.05, 3.63) is 60.6 Å². The highest BCUT2D eigenvalue weighted by Gasteiger charge is 2.19. The van der Waals surface area contributed by atoms with Crippen LogP contribution in [0.5, 0.6) is 5.75 Å². The Bertz CT molecular complexity index is 1220. The highest BCUT2D eigenvalue weighted by molar-refractivity contribution is 6.00. The van der Waals surface area contributed by atoms with Crippen molar-refractivity contribution in [3.8, 4) is 17.0 Å². The fourth-order valence-electron chi connectivity index (χ4n) is 3.94. The first-order chi connectivity index (χ1) is 18.5. The van der Waals surface area contributed by atoms with Gasteiger partial charge in [0.05, 0.1) is 39.0 Å². The number of methoxy groups -OCH3 is 1. The van der Waals surface area contributed by atoms with Gasteiger partial charge in [0.1, 0.15) is 11.9 Å². The Morgan fingerprint density at radius 1 is 1.16 bits per heavy atom. The third-order valence-corrected chi connectivity index (χ3v) is 5.85. The molecule has 4 rings (SSSR count). The van der Waals surface area contributed by atoms with E-state index in [1.165, 1.54) is 0 Å². The van der Waals surface area contributed by atoms with E-state index in [0.717, 1.165) is 16.8 Å². The van der Waals surface area contributed by atoms with Crippen LogP contribution in [0.25, 0.3) is 11.3 Å². The average molecular weight is 524 g/mol. The molecular formula is C27H33N5O6. The highest BCUT2D eigenvalue weighted by atomic mass is 16.6. The zero-order chi connectivity index (χ0) is 26.7. The van der Waals surface area contributed by atoms with Gasteiger partial charge in [0.2, 0.25) is 0 Å². The predicted octanol–water partition coefficient (Wildman–Crippen LogP) is 4.25. The summed E-state index contributed by atoms with van der Waals surface area (Å²) in [5.41, 5.74) is 3.54. The Kier molecular flexibility index (Phi) is 9.54. The van der Waals surface area contributed by atoms with Crippen molar-refractivity contribution in [1.29, 1.82) is 0 Å². The molecule has 38 heavy (non-hydrogen) atoms. The maximum Gasteiger partial charge on any atom is 0.407 e. The average Bonchev–Trinajstić information content (AvgIpc) is 3.60. The molecule has 0 unspecified atom stereocenters. The maximum atomic E-state index is 12.6. The molecule has 0 bridgehead atoms. The molecule has 1 aliphatic rings. The minimum Gasteiger partial charge on any atom is -0.496 e. The Hall–Kier alpha value is -4.09. The number of nitrogens with zero attached hydrogens (tertiary/aromatic N) is 2. The lowest BCUT2D eigenvalue weighted by atomic mass is 10.1. The fourth-order valence-corrected chi connectivity index (χ4v) is 3.94. The minimum atomic E-state index is -0.494. The fraction of sp³-hybridized carbons (Fsp3) is 0.370. The second-order valence-electron chi connectivity index (χ2n) is 8.63. The minimum absolute atomic E-state index is 0.206. The number of ether oxygens (including phenoxy) is 4. The first kappa shape index (κ1) is 27.0. The smallest absolute Gasteiger partial charge is 0.407 e. The molecule has 1 aliphatic heterocycles. The van der Waals surface area contributed by atoms with Crippen molar-refractivity contribution in [2.45, 2.75) is 32.5 Å². The summed E-state index contributed by atoms with van der Waals surface area (Å²) in [6.07, 6.45) is 3.69. The number of alkyl carbamates (subject to hydrolysis) is 1. The number of aromatic nitrogens is 2. The molecule has 3 N–H and O–H groups in total. The summed E-state index contributed by atoms with van der Waals surface area (Å²) in [6, 6.07) is 12.2. The Balaban J connectivity index is 1.31. The molecule has 3 aromatic rings. The van der Waals surface area contributed by atoms with Crippen LogP contribution in [-0.4, -0.2) is 61.3 Å². The zero-order valence-corrected chi connectivity index (χ0v) is 21.6. The SMILES string of the molecule is CCOCCn1cnc(-c2ccc(NC(=O)Nc3cccc(CNC(=O)O[C@H]4CCOC4)c3)cc2OC)c1. The molecule has 0 aliphatic carbocycles. The van der Waals surface area contributed by atoms with Gasteiger partial charge >= 0.3 is 12.1 Å². The van der Waals surface area contributed by atoms with Crippen molar-refractivity contribution in [1.82, 2.24) is 14.9 Å². The first-order valence-electron chi connectivity index (χ1n) is 12.5. The van der Waals surface area contributed by atoms with Crippen LogP contribution in [-0.2, 0) is 27.3 Å². The van der Waals surface area contributed by atoms with Crippen molar-refractivity contribution in [2.75, 3.05) is 44.2 Å². The first-order valence-corrected chi connectivity index (χ1v) is 12.5. The molecule has 0 spiro atoms. The lowest BCUT2D eigenvalue weighted by Gasteiger charge is -2.13. The molecule has 0 radical (unpaired) electrons. The highest BCUT2D eigenvalue weighted by Crippen LogP contribution is 2.31. The van der Waals surface area contributed by atoms with E-state index in [4.69, 9.17) is 18.9 Å². The van der Waals surface area contributed by atoms with E-state index < -0.39 is 12.1 Å². The van der Waals surface area contributed by atoms with Crippen LogP contribution < -0.4 is 20.7 Å². The van der Waals surface area contributed by atoms with Gasteiger partial charge in [0, 0.05) is 55.3 Å². The van der Waals surface area contributed by atoms with Gasteiger partial charge in [0.25, 0.3) is 0 Å². The maximum absolute atomic E-state index is 12.6. The summed E-state index contributed by atoms with van der Waals surface area (Å²) in [6.45, 7) is 5.26. The molecule has 1 saturated heterocycles. The van der Waals surface area contributed by atoms with Gasteiger partial charge in [-0.3, -0.25) is 0 Å². The van der Waals surface area contributed by atoms with Gasteiger partial charge in [0.15, 0.2) is 0 Å². The van der Waals surface area contributed by atoms with Crippen LogP contribution >= 0.6 is 0 Å². The van der Waals surface area contributed by atoms with E-state index in [9.17, 15) is 9.59 Å². The quantitative estimate of drug-likeness (QED) is 0.321. The van der Waals surface area contributed by atoms with Crippen molar-refractivity contribution >= 4 is 23.5 Å². The van der Waals surface area contributed by atoms with E-state index in [0.29, 0.717) is 56.5 Å². The van der Waals surface area contributed by atoms with E-state index in [-0.39, 0.29) is 12.6 Å². The number of anilines is 2. The monoisotopic (exact) mass is 523 g/mol. The summed E-state index contributed by atoms with van der Waals surface area (Å²) in [7, 11) is 1.58. The van der Waals surface area contributed by atoms with E-state index in [2.05, 4.69) is 20.9 Å². The summed E-state index contributed by atoms with van der Waals surface area (Å²) in [5, 5.41) is 8.35. The number of benzene rings is 2. The molecule has 11 nitrogen and oxygen atoms in total. The van der Waals surface area contributed by atoms with Gasteiger partial charge in [-0.1, -0.05) is 12.1 Å². The van der Waals surface area contributed by atoms with Crippen LogP contribution in [0, 0.1) is 0 Å². The Labute approximate surface area is 221 Å². The van der Waals surface area contributed by atoms with Crippen LogP contribution in [0.1, 0.15) is 18.9 Å². The number of carbonyl (C=O) groups is 2. The third-order valence-electron chi connectivity index (χ3n) is 5.85. The largest absolute Gasteiger partial charge is 0.496 e. The van der Waals surface area contributed by atoms with Gasteiger partial charge in [-0.2, -0.15) is 0 Å². The van der Waals surface area contributed by atoms with E-state index in [1.807, 2.05) is 29.8 Å². The topological polar surface area (TPSA) is 125 Å². The zero-order valence-electron chi connectivity index (χ0n) is 21.6. The Morgan fingerprint density at radius 2 is 2.00 bits per heavy atom. The molecule has 0 saturated carbocycles. The van der Waals surface area contributed by atoms with Crippen LogP contribution in [0.4, 0.5) is 21.0 Å². The number of carbonyl (C=O) groups excluding carboxylic acids is 2. The number of imidazole rings is 1. The second-order valence-corrected chi connectivity index (χ2v) is 8.63. The normalized spacial score (nSPS) is 14.6. The van der Waals surface area contributed by atoms with Crippen LogP contribution in [0.2, 0.25) is 0 Å². The molecule has 202 valence electrons. The van der Waals surface area contributed by atoms with Gasteiger partial charge in [-0.05, 0) is 36.8 Å². The third kappa shape index (κ3) is 7.70. The van der Waals surface area contributed by atoms with Crippen LogP contribution in [0.15, 0.2) is 55.0 Å². The van der Waals surface area contributed by atoms with Crippen molar-refractivity contribution < 1.29 is 28.5 Å².